The number of hydrogen-bond donors (Lipinski definition) is 0. The van der Waals surface area contributed by atoms with Crippen molar-refractivity contribution in [2.24, 2.45) is 7.05 Å². The topological polar surface area (TPSA) is 50.1 Å². The van der Waals surface area contributed by atoms with Gasteiger partial charge in [-0.15, -0.1) is 0 Å². The fraction of sp³-hybridized carbons (Fsp3) is 0.562. The molecular weight excluding hydrogens is 333 g/mol. The average molecular weight is 354 g/mol. The molecule has 1 fully saturated rings. The Morgan fingerprint density at radius 3 is 2.80 bits per heavy atom. The molecule has 1 unspecified atom stereocenters. The molecule has 2 aromatic heterocycles. The maximum atomic E-state index is 12.9. The Bertz CT molecular complexity index is 714. The summed E-state index contributed by atoms with van der Waals surface area (Å²) in [7, 11) is 3.70. The van der Waals surface area contributed by atoms with Gasteiger partial charge in [-0.2, -0.15) is 18.3 Å². The number of piperidine rings is 1. The fourth-order valence-corrected chi connectivity index (χ4v) is 3.16. The number of anilines is 1. The number of halogens is 3. The number of aryl methyl sites for hydroxylation is 1. The molecule has 1 aliphatic heterocycles. The third kappa shape index (κ3) is 4.09. The van der Waals surface area contributed by atoms with Gasteiger partial charge in [0, 0.05) is 45.5 Å². The van der Waals surface area contributed by atoms with E-state index in [0.717, 1.165) is 50.6 Å². The van der Waals surface area contributed by atoms with Crippen LogP contribution >= 0.6 is 0 Å². The molecule has 1 atom stereocenters. The highest BCUT2D eigenvalue weighted by molar-refractivity contribution is 5.40. The molecule has 6 nitrogen and oxygen atoms in total. The monoisotopic (exact) mass is 354 g/mol. The van der Waals surface area contributed by atoms with Crippen molar-refractivity contribution < 1.29 is 13.2 Å². The van der Waals surface area contributed by atoms with Crippen LogP contribution in [0.25, 0.3) is 0 Å². The largest absolute Gasteiger partial charge is 0.433 e. The van der Waals surface area contributed by atoms with E-state index in [1.54, 1.807) is 13.2 Å². The summed E-state index contributed by atoms with van der Waals surface area (Å²) in [5.74, 6) is 0.301. The molecule has 1 saturated heterocycles. The molecule has 0 spiro atoms. The molecule has 0 N–H and O–H groups in total. The van der Waals surface area contributed by atoms with Crippen molar-refractivity contribution in [3.8, 4) is 0 Å². The van der Waals surface area contributed by atoms with E-state index in [1.165, 1.54) is 0 Å². The summed E-state index contributed by atoms with van der Waals surface area (Å²) in [5, 5.41) is 4.17. The van der Waals surface area contributed by atoms with Crippen LogP contribution in [-0.2, 0) is 19.8 Å². The fourth-order valence-electron chi connectivity index (χ4n) is 3.16. The van der Waals surface area contributed by atoms with E-state index in [9.17, 15) is 13.2 Å². The molecule has 2 aromatic rings. The summed E-state index contributed by atoms with van der Waals surface area (Å²) in [6.45, 7) is 2.51. The lowest BCUT2D eigenvalue weighted by molar-refractivity contribution is -0.141. The van der Waals surface area contributed by atoms with Crippen molar-refractivity contribution in [2.45, 2.75) is 31.6 Å². The molecule has 1 aliphatic rings. The summed E-state index contributed by atoms with van der Waals surface area (Å²) < 4.78 is 40.4. The molecule has 25 heavy (non-hydrogen) atoms. The van der Waals surface area contributed by atoms with Gasteiger partial charge in [-0.25, -0.2) is 9.97 Å². The predicted molar refractivity (Wildman–Crippen MR) is 86.9 cm³/mol. The number of aromatic nitrogens is 4. The first-order valence-corrected chi connectivity index (χ1v) is 8.16. The van der Waals surface area contributed by atoms with Crippen molar-refractivity contribution in [3.05, 3.63) is 36.0 Å². The van der Waals surface area contributed by atoms with Gasteiger partial charge in [-0.1, -0.05) is 0 Å². The Hall–Kier alpha value is -2.16. The molecule has 0 amide bonds. The summed E-state index contributed by atoms with van der Waals surface area (Å²) in [6, 6.07) is 3.10. The lowest BCUT2D eigenvalue weighted by atomic mass is 10.0. The minimum absolute atomic E-state index is 0.109. The Kier molecular flexibility index (Phi) is 4.94. The Labute approximate surface area is 144 Å². The lowest BCUT2D eigenvalue weighted by Gasteiger charge is -2.38. The molecule has 0 aliphatic carbocycles. The van der Waals surface area contributed by atoms with Crippen molar-refractivity contribution in [1.29, 1.82) is 0 Å². The van der Waals surface area contributed by atoms with Crippen LogP contribution in [0.2, 0.25) is 0 Å². The summed E-state index contributed by atoms with van der Waals surface area (Å²) in [5.41, 5.74) is 0.205. The number of likely N-dealkylation sites (tertiary alicyclic amines) is 1. The van der Waals surface area contributed by atoms with E-state index in [4.69, 9.17) is 0 Å². The normalized spacial score (nSPS) is 19.2. The number of rotatable bonds is 4. The van der Waals surface area contributed by atoms with Crippen LogP contribution in [0, 0.1) is 0 Å². The number of alkyl halides is 3. The third-order valence-electron chi connectivity index (χ3n) is 4.64. The molecule has 0 bridgehead atoms. The smallest absolute Gasteiger partial charge is 0.355 e. The van der Waals surface area contributed by atoms with E-state index in [0.29, 0.717) is 5.82 Å². The zero-order valence-corrected chi connectivity index (χ0v) is 14.2. The van der Waals surface area contributed by atoms with Crippen molar-refractivity contribution in [3.63, 3.8) is 0 Å². The van der Waals surface area contributed by atoms with Gasteiger partial charge in [-0.3, -0.25) is 9.58 Å². The van der Waals surface area contributed by atoms with Gasteiger partial charge in [-0.05, 0) is 25.5 Å². The van der Waals surface area contributed by atoms with Crippen LogP contribution in [-0.4, -0.2) is 50.8 Å². The van der Waals surface area contributed by atoms with Gasteiger partial charge in [0.05, 0.1) is 5.69 Å². The van der Waals surface area contributed by atoms with E-state index >= 15 is 0 Å². The minimum Gasteiger partial charge on any atom is -0.355 e. The van der Waals surface area contributed by atoms with Gasteiger partial charge < -0.3 is 4.90 Å². The molecular formula is C16H21F3N6. The highest BCUT2D eigenvalue weighted by atomic mass is 19.4. The standard InChI is InChI=1S/C16H21F3N6/c1-23(15-8-14(16(17,18)19)20-11-21-15)12-4-3-7-25(9-12)10-13-5-6-22-24(13)2/h5-6,8,11-12H,3-4,7,9-10H2,1-2H3. The van der Waals surface area contributed by atoms with Gasteiger partial charge >= 0.3 is 6.18 Å². The molecule has 0 radical (unpaired) electrons. The number of hydrogen-bond acceptors (Lipinski definition) is 5. The molecule has 9 heteroatoms. The SMILES string of the molecule is CN(c1cc(C(F)(F)F)ncn1)C1CCCN(Cc2ccnn2C)C1. The zero-order valence-electron chi connectivity index (χ0n) is 14.2. The van der Waals surface area contributed by atoms with Crippen LogP contribution < -0.4 is 4.90 Å². The molecule has 0 saturated carbocycles. The molecule has 0 aromatic carbocycles. The average Bonchev–Trinajstić information content (AvgIpc) is 2.99. The first-order chi connectivity index (χ1) is 11.8. The predicted octanol–water partition coefficient (Wildman–Crippen LogP) is 2.33. The highest BCUT2D eigenvalue weighted by Crippen LogP contribution is 2.29. The lowest BCUT2D eigenvalue weighted by Crippen LogP contribution is -2.46. The quantitative estimate of drug-likeness (QED) is 0.844. The maximum Gasteiger partial charge on any atom is 0.433 e. The second-order valence-corrected chi connectivity index (χ2v) is 6.35. The molecule has 136 valence electrons. The van der Waals surface area contributed by atoms with Crippen molar-refractivity contribution >= 4 is 5.82 Å². The van der Waals surface area contributed by atoms with E-state index < -0.39 is 11.9 Å². The minimum atomic E-state index is -4.46. The Morgan fingerprint density at radius 1 is 1.32 bits per heavy atom. The van der Waals surface area contributed by atoms with E-state index in [-0.39, 0.29) is 6.04 Å². The number of nitrogens with zero attached hydrogens (tertiary/aromatic N) is 6. The van der Waals surface area contributed by atoms with Crippen LogP contribution in [0.15, 0.2) is 24.7 Å². The van der Waals surface area contributed by atoms with Gasteiger partial charge in [0.15, 0.2) is 0 Å². The van der Waals surface area contributed by atoms with Crippen LogP contribution in [0.4, 0.5) is 19.0 Å². The van der Waals surface area contributed by atoms with Gasteiger partial charge in [0.1, 0.15) is 17.8 Å². The summed E-state index contributed by atoms with van der Waals surface area (Å²) >= 11 is 0. The maximum absolute atomic E-state index is 12.9. The molecule has 3 rings (SSSR count). The van der Waals surface area contributed by atoms with E-state index in [1.807, 2.05) is 22.7 Å². The van der Waals surface area contributed by atoms with Gasteiger partial charge in [0.2, 0.25) is 0 Å². The first kappa shape index (κ1) is 17.7. The summed E-state index contributed by atoms with van der Waals surface area (Å²) in [6.07, 6.45) is 0.192. The second kappa shape index (κ2) is 6.99. The van der Waals surface area contributed by atoms with Crippen molar-refractivity contribution in [2.75, 3.05) is 25.0 Å². The Morgan fingerprint density at radius 2 is 2.12 bits per heavy atom. The Balaban J connectivity index is 1.69. The summed E-state index contributed by atoms with van der Waals surface area (Å²) in [4.78, 5) is 11.5. The second-order valence-electron chi connectivity index (χ2n) is 6.35. The van der Waals surface area contributed by atoms with Crippen molar-refractivity contribution in [1.82, 2.24) is 24.6 Å². The van der Waals surface area contributed by atoms with Crippen LogP contribution in [0.1, 0.15) is 24.2 Å². The molecule has 3 heterocycles. The first-order valence-electron chi connectivity index (χ1n) is 8.16. The third-order valence-corrected chi connectivity index (χ3v) is 4.64. The van der Waals surface area contributed by atoms with E-state index in [2.05, 4.69) is 20.0 Å². The number of likely N-dealkylation sites (N-methyl/N-ethyl adjacent to an activating group) is 1. The van der Waals surface area contributed by atoms with Crippen LogP contribution in [0.5, 0.6) is 0 Å². The van der Waals surface area contributed by atoms with Gasteiger partial charge in [0.25, 0.3) is 0 Å². The highest BCUT2D eigenvalue weighted by Gasteiger charge is 2.34. The zero-order chi connectivity index (χ0) is 18.0. The van der Waals surface area contributed by atoms with Crippen LogP contribution in [0.3, 0.4) is 0 Å².